The first kappa shape index (κ1) is 12.4. The van der Waals surface area contributed by atoms with Gasteiger partial charge in [-0.1, -0.05) is 18.5 Å². The molecule has 6 heteroatoms. The van der Waals surface area contributed by atoms with Crippen LogP contribution in [0.5, 0.6) is 0 Å². The van der Waals surface area contributed by atoms with Crippen molar-refractivity contribution in [3.8, 4) is 0 Å². The van der Waals surface area contributed by atoms with Crippen molar-refractivity contribution in [2.75, 3.05) is 6.61 Å². The smallest absolute Gasteiger partial charge is 0.261 e. The molecule has 1 aromatic rings. The van der Waals surface area contributed by atoms with Crippen molar-refractivity contribution in [3.63, 3.8) is 0 Å². The van der Waals surface area contributed by atoms with E-state index in [0.29, 0.717) is 10.7 Å². The number of hydrogen-bond donors (Lipinski definition) is 0. The van der Waals surface area contributed by atoms with Crippen LogP contribution in [0.2, 0.25) is 5.02 Å². The van der Waals surface area contributed by atoms with E-state index in [2.05, 4.69) is 5.10 Å². The summed E-state index contributed by atoms with van der Waals surface area (Å²) >= 11 is 5.85. The topological polar surface area (TPSA) is 27.1 Å². The Hall–Kier alpha value is -0.680. The molecule has 0 bridgehead atoms. The van der Waals surface area contributed by atoms with Crippen LogP contribution in [0.4, 0.5) is 8.78 Å². The van der Waals surface area contributed by atoms with Gasteiger partial charge in [0.2, 0.25) is 0 Å². The van der Waals surface area contributed by atoms with Crippen LogP contribution in [0.15, 0.2) is 6.20 Å². The highest BCUT2D eigenvalue weighted by Crippen LogP contribution is 2.15. The largest absolute Gasteiger partial charge is 0.369 e. The Bertz CT molecular complexity index is 304. The molecule has 0 fully saturated rings. The molecule has 0 aromatic carbocycles. The molecule has 86 valence electrons. The molecule has 3 nitrogen and oxygen atoms in total. The normalized spacial score (nSPS) is 11.3. The monoisotopic (exact) mass is 238 g/mol. The summed E-state index contributed by atoms with van der Waals surface area (Å²) in [7, 11) is 0. The molecular formula is C9H13ClF2N2O. The minimum absolute atomic E-state index is 0.0277. The summed E-state index contributed by atoms with van der Waals surface area (Å²) in [5, 5.41) is 4.57. The molecule has 0 aliphatic rings. The summed E-state index contributed by atoms with van der Waals surface area (Å²) in [6.07, 6.45) is 0.156. The molecular weight excluding hydrogens is 226 g/mol. The minimum Gasteiger partial charge on any atom is -0.369 e. The summed E-state index contributed by atoms with van der Waals surface area (Å²) in [6.45, 7) is 2.22. The fraction of sp³-hybridized carbons (Fsp3) is 0.667. The first-order valence-corrected chi connectivity index (χ1v) is 5.09. The van der Waals surface area contributed by atoms with Crippen molar-refractivity contribution < 1.29 is 13.5 Å². The molecule has 0 amide bonds. The van der Waals surface area contributed by atoms with E-state index in [1.807, 2.05) is 6.92 Å². The van der Waals surface area contributed by atoms with E-state index < -0.39 is 13.0 Å². The zero-order valence-electron chi connectivity index (χ0n) is 8.42. The van der Waals surface area contributed by atoms with E-state index in [-0.39, 0.29) is 6.61 Å². The van der Waals surface area contributed by atoms with E-state index in [9.17, 15) is 8.78 Å². The number of halogens is 3. The molecule has 15 heavy (non-hydrogen) atoms. The average molecular weight is 239 g/mol. The molecule has 0 radical (unpaired) electrons. The Labute approximate surface area is 92.0 Å². The third kappa shape index (κ3) is 4.13. The summed E-state index contributed by atoms with van der Waals surface area (Å²) < 4.78 is 30.0. The van der Waals surface area contributed by atoms with Gasteiger partial charge in [0.05, 0.1) is 11.6 Å². The predicted octanol–water partition coefficient (Wildman–Crippen LogP) is 2.73. The molecule has 0 saturated heterocycles. The second kappa shape index (κ2) is 6.02. The Morgan fingerprint density at radius 1 is 1.60 bits per heavy atom. The lowest BCUT2D eigenvalue weighted by atomic mass is 10.4. The van der Waals surface area contributed by atoms with Crippen molar-refractivity contribution >= 4 is 11.6 Å². The Balaban J connectivity index is 2.46. The molecule has 1 heterocycles. The third-order valence-corrected chi connectivity index (χ3v) is 2.04. The van der Waals surface area contributed by atoms with Gasteiger partial charge >= 0.3 is 0 Å². The molecule has 1 aromatic heterocycles. The highest BCUT2D eigenvalue weighted by atomic mass is 35.5. The lowest BCUT2D eigenvalue weighted by Gasteiger charge is -2.00. The number of hydrogen-bond acceptors (Lipinski definition) is 2. The average Bonchev–Trinajstić information content (AvgIpc) is 2.47. The van der Waals surface area contributed by atoms with Gasteiger partial charge in [-0.3, -0.25) is 4.68 Å². The lowest BCUT2D eigenvalue weighted by molar-refractivity contribution is 0.00870. The number of ether oxygens (including phenoxy) is 1. The molecule has 1 rings (SSSR count). The number of alkyl halides is 2. The molecule has 0 spiro atoms. The quantitative estimate of drug-likeness (QED) is 0.762. The van der Waals surface area contributed by atoms with Crippen molar-refractivity contribution in [2.24, 2.45) is 0 Å². The second-order valence-corrected chi connectivity index (χ2v) is 3.50. The molecule has 0 aliphatic carbocycles. The maximum Gasteiger partial charge on any atom is 0.261 e. The first-order valence-electron chi connectivity index (χ1n) is 4.71. The number of aryl methyl sites for hydroxylation is 1. The summed E-state index contributed by atoms with van der Waals surface area (Å²) in [4.78, 5) is 0. The van der Waals surface area contributed by atoms with Gasteiger partial charge in [-0.25, -0.2) is 8.78 Å². The van der Waals surface area contributed by atoms with E-state index >= 15 is 0 Å². The molecule has 0 N–H and O–H groups in total. The Morgan fingerprint density at radius 3 is 2.93 bits per heavy atom. The van der Waals surface area contributed by atoms with Crippen molar-refractivity contribution in [1.29, 1.82) is 0 Å². The van der Waals surface area contributed by atoms with Crippen LogP contribution in [-0.4, -0.2) is 22.8 Å². The predicted molar refractivity (Wildman–Crippen MR) is 53.2 cm³/mol. The highest BCUT2D eigenvalue weighted by molar-refractivity contribution is 6.31. The van der Waals surface area contributed by atoms with Gasteiger partial charge in [-0.05, 0) is 6.42 Å². The van der Waals surface area contributed by atoms with Crippen LogP contribution in [-0.2, 0) is 17.9 Å². The van der Waals surface area contributed by atoms with Crippen molar-refractivity contribution in [1.82, 2.24) is 9.78 Å². The van der Waals surface area contributed by atoms with Gasteiger partial charge in [-0.2, -0.15) is 5.10 Å². The van der Waals surface area contributed by atoms with Crippen LogP contribution in [0.25, 0.3) is 0 Å². The van der Waals surface area contributed by atoms with Crippen LogP contribution in [0.3, 0.4) is 0 Å². The van der Waals surface area contributed by atoms with Crippen LogP contribution in [0.1, 0.15) is 19.0 Å². The van der Waals surface area contributed by atoms with Gasteiger partial charge in [0, 0.05) is 12.7 Å². The number of nitrogens with zero attached hydrogens (tertiary/aromatic N) is 2. The Kier molecular flexibility index (Phi) is 4.98. The fourth-order valence-corrected chi connectivity index (χ4v) is 1.33. The molecule has 0 unspecified atom stereocenters. The Morgan fingerprint density at radius 2 is 2.33 bits per heavy atom. The van der Waals surface area contributed by atoms with E-state index in [4.69, 9.17) is 16.3 Å². The van der Waals surface area contributed by atoms with Crippen molar-refractivity contribution in [2.45, 2.75) is 32.9 Å². The van der Waals surface area contributed by atoms with E-state index in [1.165, 1.54) is 0 Å². The highest BCUT2D eigenvalue weighted by Gasteiger charge is 2.08. The fourth-order valence-electron chi connectivity index (χ4n) is 1.12. The van der Waals surface area contributed by atoms with E-state index in [1.54, 1.807) is 10.9 Å². The molecule has 0 saturated carbocycles. The zero-order chi connectivity index (χ0) is 11.3. The van der Waals surface area contributed by atoms with Gasteiger partial charge < -0.3 is 4.74 Å². The van der Waals surface area contributed by atoms with Crippen molar-refractivity contribution in [3.05, 3.63) is 16.9 Å². The maximum absolute atomic E-state index is 11.8. The van der Waals surface area contributed by atoms with Gasteiger partial charge in [-0.15, -0.1) is 0 Å². The third-order valence-electron chi connectivity index (χ3n) is 1.72. The van der Waals surface area contributed by atoms with Gasteiger partial charge in [0.1, 0.15) is 12.3 Å². The zero-order valence-corrected chi connectivity index (χ0v) is 9.18. The van der Waals surface area contributed by atoms with E-state index in [0.717, 1.165) is 13.0 Å². The summed E-state index contributed by atoms with van der Waals surface area (Å²) in [5.41, 5.74) is 0.505. The lowest BCUT2D eigenvalue weighted by Crippen LogP contribution is -2.05. The van der Waals surface area contributed by atoms with Crippen LogP contribution >= 0.6 is 11.6 Å². The first-order chi connectivity index (χ1) is 7.13. The van der Waals surface area contributed by atoms with Gasteiger partial charge in [0.25, 0.3) is 6.43 Å². The summed E-state index contributed by atoms with van der Waals surface area (Å²) in [6, 6.07) is 0. The maximum atomic E-state index is 11.8. The SMILES string of the molecule is CCCn1cc(Cl)c(COCC(F)F)n1. The summed E-state index contributed by atoms with van der Waals surface area (Å²) in [5.74, 6) is 0. The van der Waals surface area contributed by atoms with Gasteiger partial charge in [0.15, 0.2) is 0 Å². The second-order valence-electron chi connectivity index (χ2n) is 3.09. The number of aromatic nitrogens is 2. The minimum atomic E-state index is -2.46. The van der Waals surface area contributed by atoms with Crippen LogP contribution in [0, 0.1) is 0 Å². The number of rotatable bonds is 6. The molecule has 0 aliphatic heterocycles. The standard InChI is InChI=1S/C9H13ClF2N2O/c1-2-3-14-4-7(10)8(13-14)5-15-6-9(11)12/h4,9H,2-3,5-6H2,1H3. The van der Waals surface area contributed by atoms with Crippen LogP contribution < -0.4 is 0 Å². The molecule has 0 atom stereocenters.